The molecule has 1 aliphatic carbocycles. The van der Waals surface area contributed by atoms with Crippen molar-refractivity contribution >= 4 is 12.2 Å². The number of aromatic amines is 1. The largest absolute Gasteiger partial charge is 0.283 e. The molecule has 1 saturated carbocycles. The van der Waals surface area contributed by atoms with Crippen LogP contribution in [0.4, 0.5) is 0 Å². The third-order valence-electron chi connectivity index (χ3n) is 3.98. The van der Waals surface area contributed by atoms with E-state index in [9.17, 15) is 0 Å². The van der Waals surface area contributed by atoms with Gasteiger partial charge in [-0.2, -0.15) is 0 Å². The lowest BCUT2D eigenvalue weighted by atomic mass is 9.79. The molecule has 0 bridgehead atoms. The SMILES string of the molecule is CCCCC1CCC(c2nc(=S)n(C)[nH]2)CC1. The molecule has 0 aromatic carbocycles. The van der Waals surface area contributed by atoms with E-state index in [1.807, 2.05) is 11.7 Å². The molecule has 0 saturated heterocycles. The lowest BCUT2D eigenvalue weighted by Crippen LogP contribution is -2.14. The van der Waals surface area contributed by atoms with Crippen LogP contribution < -0.4 is 0 Å². The number of hydrogen-bond acceptors (Lipinski definition) is 2. The van der Waals surface area contributed by atoms with Gasteiger partial charge in [0.2, 0.25) is 4.77 Å². The van der Waals surface area contributed by atoms with Crippen molar-refractivity contribution in [1.82, 2.24) is 14.8 Å². The van der Waals surface area contributed by atoms with Crippen LogP contribution in [0.3, 0.4) is 0 Å². The quantitative estimate of drug-likeness (QED) is 0.825. The second kappa shape index (κ2) is 5.80. The summed E-state index contributed by atoms with van der Waals surface area (Å²) in [6.07, 6.45) is 9.41. The first-order valence-corrected chi connectivity index (χ1v) is 7.24. The van der Waals surface area contributed by atoms with Crippen LogP contribution >= 0.6 is 12.2 Å². The third kappa shape index (κ3) is 3.18. The van der Waals surface area contributed by atoms with E-state index >= 15 is 0 Å². The summed E-state index contributed by atoms with van der Waals surface area (Å²) in [6, 6.07) is 0. The summed E-state index contributed by atoms with van der Waals surface area (Å²) in [7, 11) is 1.94. The van der Waals surface area contributed by atoms with E-state index in [2.05, 4.69) is 17.0 Å². The molecule has 0 aliphatic heterocycles. The van der Waals surface area contributed by atoms with Crippen molar-refractivity contribution in [3.05, 3.63) is 10.6 Å². The fourth-order valence-electron chi connectivity index (χ4n) is 2.82. The lowest BCUT2D eigenvalue weighted by Gasteiger charge is -2.27. The van der Waals surface area contributed by atoms with Crippen LogP contribution in [-0.2, 0) is 7.05 Å². The van der Waals surface area contributed by atoms with E-state index in [-0.39, 0.29) is 0 Å². The standard InChI is InChI=1S/C13H23N3S/c1-3-4-5-10-6-8-11(9-7-10)12-14-13(17)16(2)15-12/h10-11H,3-9H2,1-2H3,(H,14,15,17). The van der Waals surface area contributed by atoms with Gasteiger partial charge in [0.25, 0.3) is 0 Å². The Morgan fingerprint density at radius 3 is 2.59 bits per heavy atom. The van der Waals surface area contributed by atoms with Crippen LogP contribution in [0.5, 0.6) is 0 Å². The number of nitrogens with zero attached hydrogens (tertiary/aromatic N) is 2. The molecular weight excluding hydrogens is 230 g/mol. The minimum Gasteiger partial charge on any atom is -0.283 e. The summed E-state index contributed by atoms with van der Waals surface area (Å²) in [5, 5.41) is 3.27. The number of hydrogen-bond donors (Lipinski definition) is 1. The van der Waals surface area contributed by atoms with Crippen molar-refractivity contribution in [1.29, 1.82) is 0 Å². The average molecular weight is 253 g/mol. The van der Waals surface area contributed by atoms with E-state index in [0.717, 1.165) is 11.7 Å². The summed E-state index contributed by atoms with van der Waals surface area (Å²) >= 11 is 5.14. The van der Waals surface area contributed by atoms with Gasteiger partial charge < -0.3 is 0 Å². The van der Waals surface area contributed by atoms with Crippen molar-refractivity contribution in [3.8, 4) is 0 Å². The van der Waals surface area contributed by atoms with Gasteiger partial charge in [-0.1, -0.05) is 26.2 Å². The maximum atomic E-state index is 5.14. The fraction of sp³-hybridized carbons (Fsp3) is 0.846. The maximum Gasteiger partial charge on any atom is 0.215 e. The highest BCUT2D eigenvalue weighted by Crippen LogP contribution is 2.36. The van der Waals surface area contributed by atoms with Crippen molar-refractivity contribution < 1.29 is 0 Å². The number of unbranched alkanes of at least 4 members (excludes halogenated alkanes) is 1. The van der Waals surface area contributed by atoms with Gasteiger partial charge in [-0.3, -0.25) is 9.78 Å². The van der Waals surface area contributed by atoms with E-state index in [4.69, 9.17) is 12.2 Å². The first-order valence-electron chi connectivity index (χ1n) is 6.83. The molecule has 0 amide bonds. The van der Waals surface area contributed by atoms with Crippen LogP contribution in [0.15, 0.2) is 0 Å². The molecule has 1 aromatic heterocycles. The monoisotopic (exact) mass is 253 g/mol. The molecule has 1 aliphatic rings. The van der Waals surface area contributed by atoms with E-state index in [1.165, 1.54) is 44.9 Å². The van der Waals surface area contributed by atoms with Crippen LogP contribution in [0.1, 0.15) is 63.6 Å². The summed E-state index contributed by atoms with van der Waals surface area (Å²) < 4.78 is 2.52. The predicted octanol–water partition coefficient (Wildman–Crippen LogP) is 3.94. The Kier molecular flexibility index (Phi) is 4.37. The van der Waals surface area contributed by atoms with Crippen LogP contribution in [-0.4, -0.2) is 14.8 Å². The van der Waals surface area contributed by atoms with Gasteiger partial charge in [-0.25, -0.2) is 4.98 Å². The number of H-pyrrole nitrogens is 1. The van der Waals surface area contributed by atoms with Crippen molar-refractivity contribution in [2.45, 2.75) is 57.8 Å². The molecule has 17 heavy (non-hydrogen) atoms. The summed E-state index contributed by atoms with van der Waals surface area (Å²) in [6.45, 7) is 2.28. The average Bonchev–Trinajstić information content (AvgIpc) is 2.68. The highest BCUT2D eigenvalue weighted by Gasteiger charge is 2.24. The normalized spacial score (nSPS) is 25.1. The molecule has 96 valence electrons. The zero-order chi connectivity index (χ0) is 12.3. The Balaban J connectivity index is 1.88. The number of nitrogens with one attached hydrogen (secondary N) is 1. The summed E-state index contributed by atoms with van der Waals surface area (Å²) in [5.74, 6) is 2.67. The van der Waals surface area contributed by atoms with Gasteiger partial charge in [0.1, 0.15) is 5.82 Å². The predicted molar refractivity (Wildman–Crippen MR) is 72.6 cm³/mol. The summed E-state index contributed by atoms with van der Waals surface area (Å²) in [4.78, 5) is 4.44. The second-order valence-electron chi connectivity index (χ2n) is 5.31. The second-order valence-corrected chi connectivity index (χ2v) is 5.68. The minimum atomic E-state index is 0.607. The lowest BCUT2D eigenvalue weighted by molar-refractivity contribution is 0.298. The van der Waals surface area contributed by atoms with Crippen LogP contribution in [0, 0.1) is 10.7 Å². The van der Waals surface area contributed by atoms with Crippen molar-refractivity contribution in [2.75, 3.05) is 0 Å². The molecule has 0 radical (unpaired) electrons. The van der Waals surface area contributed by atoms with E-state index in [1.54, 1.807) is 0 Å². The smallest absolute Gasteiger partial charge is 0.215 e. The van der Waals surface area contributed by atoms with Crippen LogP contribution in [0.25, 0.3) is 0 Å². The molecule has 0 unspecified atom stereocenters. The molecule has 4 heteroatoms. The van der Waals surface area contributed by atoms with E-state index in [0.29, 0.717) is 10.7 Å². The highest BCUT2D eigenvalue weighted by molar-refractivity contribution is 7.71. The van der Waals surface area contributed by atoms with Gasteiger partial charge in [0.15, 0.2) is 0 Å². The zero-order valence-electron chi connectivity index (χ0n) is 10.9. The van der Waals surface area contributed by atoms with Crippen LogP contribution in [0.2, 0.25) is 0 Å². The third-order valence-corrected chi connectivity index (χ3v) is 4.35. The van der Waals surface area contributed by atoms with Crippen molar-refractivity contribution in [2.24, 2.45) is 13.0 Å². The molecule has 0 spiro atoms. The first kappa shape index (κ1) is 12.8. The Labute approximate surface area is 109 Å². The van der Waals surface area contributed by atoms with E-state index < -0.39 is 0 Å². The molecule has 3 nitrogen and oxygen atoms in total. The van der Waals surface area contributed by atoms with Gasteiger partial charge in [0, 0.05) is 13.0 Å². The molecule has 1 N–H and O–H groups in total. The minimum absolute atomic E-state index is 0.607. The molecule has 1 heterocycles. The maximum absolute atomic E-state index is 5.14. The number of rotatable bonds is 4. The van der Waals surface area contributed by atoms with Gasteiger partial charge >= 0.3 is 0 Å². The topological polar surface area (TPSA) is 33.6 Å². The molecule has 1 fully saturated rings. The molecule has 0 atom stereocenters. The Morgan fingerprint density at radius 2 is 2.06 bits per heavy atom. The Morgan fingerprint density at radius 1 is 1.35 bits per heavy atom. The van der Waals surface area contributed by atoms with Gasteiger partial charge in [0.05, 0.1) is 0 Å². The van der Waals surface area contributed by atoms with Gasteiger partial charge in [-0.15, -0.1) is 0 Å². The highest BCUT2D eigenvalue weighted by atomic mass is 32.1. The zero-order valence-corrected chi connectivity index (χ0v) is 11.7. The molecule has 1 aromatic rings. The molecule has 2 rings (SSSR count). The first-order chi connectivity index (χ1) is 8.20. The van der Waals surface area contributed by atoms with Crippen molar-refractivity contribution in [3.63, 3.8) is 0 Å². The number of aryl methyl sites for hydroxylation is 1. The Hall–Kier alpha value is -0.640. The molecular formula is C13H23N3S. The fourth-order valence-corrected chi connectivity index (χ4v) is 2.97. The number of aromatic nitrogens is 3. The summed E-state index contributed by atoms with van der Waals surface area (Å²) in [5.41, 5.74) is 0. The van der Waals surface area contributed by atoms with Gasteiger partial charge in [-0.05, 0) is 43.8 Å². The Bertz CT molecular complexity index is 399.